The van der Waals surface area contributed by atoms with Crippen LogP contribution in [0.3, 0.4) is 0 Å². The van der Waals surface area contributed by atoms with Crippen molar-refractivity contribution >= 4 is 19.8 Å². The van der Waals surface area contributed by atoms with E-state index in [1.165, 1.54) is 148 Å². The highest BCUT2D eigenvalue weighted by Crippen LogP contribution is 2.43. The summed E-state index contributed by atoms with van der Waals surface area (Å²) < 4.78 is 34.8. The molecule has 0 aromatic heterocycles. The number of allylic oxidation sites excluding steroid dienone is 22. The van der Waals surface area contributed by atoms with Gasteiger partial charge in [0.1, 0.15) is 19.8 Å². The summed E-state index contributed by atoms with van der Waals surface area (Å²) >= 11 is 0. The number of ether oxygens (including phenoxy) is 2. The summed E-state index contributed by atoms with van der Waals surface area (Å²) in [4.78, 5) is 35.9. The van der Waals surface area contributed by atoms with E-state index in [2.05, 4.69) is 148 Å². The van der Waals surface area contributed by atoms with Crippen molar-refractivity contribution in [2.45, 2.75) is 302 Å². The van der Waals surface area contributed by atoms with Crippen LogP contribution < -0.4 is 0 Å². The van der Waals surface area contributed by atoms with E-state index < -0.39 is 26.5 Å². The van der Waals surface area contributed by atoms with Crippen molar-refractivity contribution in [3.05, 3.63) is 134 Å². The van der Waals surface area contributed by atoms with Gasteiger partial charge in [0, 0.05) is 12.8 Å². The summed E-state index contributed by atoms with van der Waals surface area (Å²) in [6, 6.07) is 0. The lowest BCUT2D eigenvalue weighted by atomic mass is 10.0. The SMILES string of the molecule is CC/C=C\C/C=C\C/C=C\C/C=C\C/C=C\C/C=C\C/C=C\CCCCCCCCCCCCCC(=O)OC(COC(=O)CCCCCCCCCCCCCCCCCCCC/C=C\C/C=C\C/C=C\C/C=C\CC)COP(=O)(O)OCC[N+](C)(C)C. The maximum atomic E-state index is 12.9. The van der Waals surface area contributed by atoms with Crippen LogP contribution >= 0.6 is 7.82 Å². The molecule has 0 aliphatic carbocycles. The summed E-state index contributed by atoms with van der Waals surface area (Å²) in [7, 11) is 1.47. The fourth-order valence-electron chi connectivity index (χ4n) is 9.75. The molecular weight excluding hydrogens is 1110 g/mol. The van der Waals surface area contributed by atoms with Gasteiger partial charge in [0.25, 0.3) is 0 Å². The highest BCUT2D eigenvalue weighted by atomic mass is 31.2. The molecule has 0 bridgehead atoms. The Morgan fingerprint density at radius 2 is 0.614 bits per heavy atom. The molecule has 2 atom stereocenters. The molecule has 0 rings (SSSR count). The Hall–Kier alpha value is -3.85. The Balaban J connectivity index is 4.06. The third kappa shape index (κ3) is 71.2. The number of hydrogen-bond donors (Lipinski definition) is 1. The summed E-state index contributed by atoms with van der Waals surface area (Å²) in [6.45, 7) is 4.22. The fourth-order valence-corrected chi connectivity index (χ4v) is 10.5. The molecule has 0 aromatic carbocycles. The minimum Gasteiger partial charge on any atom is -0.462 e. The molecular formula is C78H135NO8P+. The molecule has 1 N–H and O–H groups in total. The molecule has 0 heterocycles. The van der Waals surface area contributed by atoms with Gasteiger partial charge in [0.05, 0.1) is 27.7 Å². The molecule has 88 heavy (non-hydrogen) atoms. The van der Waals surface area contributed by atoms with Gasteiger partial charge in [-0.2, -0.15) is 0 Å². The number of esters is 2. The van der Waals surface area contributed by atoms with Gasteiger partial charge in [-0.15, -0.1) is 0 Å². The molecule has 2 unspecified atom stereocenters. The number of nitrogens with zero attached hydrogens (tertiary/aromatic N) is 1. The number of carbonyl (C=O) groups excluding carboxylic acids is 2. The van der Waals surface area contributed by atoms with Gasteiger partial charge in [-0.1, -0.05) is 308 Å². The normalized spacial score (nSPS) is 13.9. The van der Waals surface area contributed by atoms with Gasteiger partial charge >= 0.3 is 19.8 Å². The van der Waals surface area contributed by atoms with Crippen molar-refractivity contribution in [1.82, 2.24) is 0 Å². The van der Waals surface area contributed by atoms with Crippen molar-refractivity contribution in [3.63, 3.8) is 0 Å². The minimum atomic E-state index is -4.40. The summed E-state index contributed by atoms with van der Waals surface area (Å²) in [6.07, 6.45) is 98.4. The van der Waals surface area contributed by atoms with Gasteiger partial charge in [-0.25, -0.2) is 4.57 Å². The highest BCUT2D eigenvalue weighted by molar-refractivity contribution is 7.47. The van der Waals surface area contributed by atoms with Crippen LogP contribution in [0.4, 0.5) is 0 Å². The van der Waals surface area contributed by atoms with Crippen molar-refractivity contribution in [2.24, 2.45) is 0 Å². The first kappa shape index (κ1) is 84.2. The molecule has 0 aliphatic heterocycles. The first-order chi connectivity index (χ1) is 43.0. The Bertz CT molecular complexity index is 1950. The molecule has 10 heteroatoms. The first-order valence-corrected chi connectivity index (χ1v) is 37.4. The third-order valence-corrected chi connectivity index (χ3v) is 16.2. The number of likely N-dealkylation sites (N-methyl/N-ethyl adjacent to an activating group) is 1. The Kier molecular flexibility index (Phi) is 64.6. The van der Waals surface area contributed by atoms with E-state index in [4.69, 9.17) is 18.5 Å². The van der Waals surface area contributed by atoms with E-state index >= 15 is 0 Å². The molecule has 0 saturated heterocycles. The molecule has 0 fully saturated rings. The number of unbranched alkanes of at least 4 members (excludes halogenated alkanes) is 29. The second kappa shape index (κ2) is 67.5. The van der Waals surface area contributed by atoms with Crippen molar-refractivity contribution in [3.8, 4) is 0 Å². The topological polar surface area (TPSA) is 108 Å². The van der Waals surface area contributed by atoms with E-state index in [1.807, 2.05) is 21.1 Å². The van der Waals surface area contributed by atoms with Gasteiger partial charge in [-0.05, 0) is 109 Å². The highest BCUT2D eigenvalue weighted by Gasteiger charge is 2.27. The Morgan fingerprint density at radius 1 is 0.352 bits per heavy atom. The van der Waals surface area contributed by atoms with Gasteiger partial charge < -0.3 is 18.9 Å². The quantitative estimate of drug-likeness (QED) is 0.0211. The molecule has 504 valence electrons. The van der Waals surface area contributed by atoms with Gasteiger partial charge in [-0.3, -0.25) is 18.6 Å². The van der Waals surface area contributed by atoms with E-state index in [-0.39, 0.29) is 32.0 Å². The molecule has 0 aromatic rings. The number of phosphoric acid groups is 1. The Morgan fingerprint density at radius 3 is 0.909 bits per heavy atom. The summed E-state index contributed by atoms with van der Waals surface area (Å²) in [5.74, 6) is -0.798. The molecule has 0 aliphatic rings. The minimum absolute atomic E-state index is 0.0266. The van der Waals surface area contributed by atoms with Crippen LogP contribution in [-0.4, -0.2) is 74.9 Å². The van der Waals surface area contributed by atoms with Crippen LogP contribution in [0.25, 0.3) is 0 Å². The Labute approximate surface area is 542 Å². The summed E-state index contributed by atoms with van der Waals surface area (Å²) in [5.41, 5.74) is 0. The van der Waals surface area contributed by atoms with Crippen LogP contribution in [-0.2, 0) is 32.7 Å². The van der Waals surface area contributed by atoms with Crippen molar-refractivity contribution in [1.29, 1.82) is 0 Å². The molecule has 0 saturated carbocycles. The number of carbonyl (C=O) groups is 2. The average molecular weight is 1250 g/mol. The lowest BCUT2D eigenvalue weighted by Crippen LogP contribution is -2.37. The predicted octanol–water partition coefficient (Wildman–Crippen LogP) is 23.6. The molecule has 0 spiro atoms. The lowest BCUT2D eigenvalue weighted by Gasteiger charge is -2.24. The third-order valence-electron chi connectivity index (χ3n) is 15.2. The van der Waals surface area contributed by atoms with Crippen molar-refractivity contribution < 1.29 is 42.1 Å². The lowest BCUT2D eigenvalue weighted by molar-refractivity contribution is -0.870. The summed E-state index contributed by atoms with van der Waals surface area (Å²) in [5, 5.41) is 0. The van der Waals surface area contributed by atoms with Crippen LogP contribution in [0.15, 0.2) is 134 Å². The largest absolute Gasteiger partial charge is 0.472 e. The zero-order valence-corrected chi connectivity index (χ0v) is 58.3. The van der Waals surface area contributed by atoms with Gasteiger partial charge in [0.15, 0.2) is 6.10 Å². The molecule has 0 amide bonds. The zero-order valence-electron chi connectivity index (χ0n) is 57.4. The van der Waals surface area contributed by atoms with E-state index in [1.54, 1.807) is 0 Å². The second-order valence-corrected chi connectivity index (χ2v) is 26.3. The van der Waals surface area contributed by atoms with Crippen LogP contribution in [0.5, 0.6) is 0 Å². The zero-order chi connectivity index (χ0) is 64.1. The smallest absolute Gasteiger partial charge is 0.462 e. The van der Waals surface area contributed by atoms with Gasteiger partial charge in [0.2, 0.25) is 0 Å². The molecule has 0 radical (unpaired) electrons. The van der Waals surface area contributed by atoms with Crippen LogP contribution in [0.2, 0.25) is 0 Å². The van der Waals surface area contributed by atoms with Crippen LogP contribution in [0.1, 0.15) is 296 Å². The number of phosphoric ester groups is 1. The first-order valence-electron chi connectivity index (χ1n) is 35.9. The standard InChI is InChI=1S/C78H134NO8P/c1-6-8-10-12-14-16-18-20-22-24-26-28-30-32-34-36-38-39-41-43-45-47-49-51-53-55-57-59-61-63-65-67-69-71-78(81)87-76(75-86-88(82,83)85-73-72-79(3,4)5)74-84-77(80)70-68-66-64-62-60-58-56-54-52-50-48-46-44-42-40-37-35-33-31-29-27-25-23-21-19-17-15-13-11-9-7-2/h8-11,14-17,20-23,26-29,32,34,38-39,43,45,76H,6-7,12-13,18-19,24-25,30-31,33,35-37,40-42,44,46-75H2,1-5H3/p+1/b10-8-,11-9-,16-14-,17-15-,22-20-,23-21-,28-26-,29-27-,34-32-,39-38-,45-43-. The van der Waals surface area contributed by atoms with E-state index in [0.717, 1.165) is 116 Å². The van der Waals surface area contributed by atoms with E-state index in [0.29, 0.717) is 17.4 Å². The second-order valence-electron chi connectivity index (χ2n) is 24.9. The predicted molar refractivity (Wildman–Crippen MR) is 381 cm³/mol. The maximum absolute atomic E-state index is 12.9. The van der Waals surface area contributed by atoms with Crippen molar-refractivity contribution in [2.75, 3.05) is 47.5 Å². The average Bonchev–Trinajstić information content (AvgIpc) is 3.56. The number of rotatable bonds is 65. The maximum Gasteiger partial charge on any atom is 0.472 e. The fraction of sp³-hybridized carbons (Fsp3) is 0.692. The number of hydrogen-bond acceptors (Lipinski definition) is 7. The van der Waals surface area contributed by atoms with E-state index in [9.17, 15) is 19.0 Å². The number of quaternary nitrogens is 1. The monoisotopic (exact) mass is 1240 g/mol. The molecule has 9 nitrogen and oxygen atoms in total. The van der Waals surface area contributed by atoms with Crippen LogP contribution in [0, 0.1) is 0 Å².